The van der Waals surface area contributed by atoms with E-state index in [1.807, 2.05) is 35.2 Å². The monoisotopic (exact) mass is 349 g/mol. The van der Waals surface area contributed by atoms with Crippen LogP contribution >= 0.6 is 23.2 Å². The van der Waals surface area contributed by atoms with Gasteiger partial charge in [0.05, 0.1) is 26.2 Å². The van der Waals surface area contributed by atoms with Crippen molar-refractivity contribution in [1.82, 2.24) is 4.90 Å². The number of amides is 1. The minimum absolute atomic E-state index is 0.0503. The summed E-state index contributed by atoms with van der Waals surface area (Å²) in [5.41, 5.74) is 3.12. The van der Waals surface area contributed by atoms with E-state index in [0.717, 1.165) is 31.2 Å². The lowest BCUT2D eigenvalue weighted by atomic mass is 10.1. The van der Waals surface area contributed by atoms with E-state index in [4.69, 9.17) is 23.2 Å². The minimum atomic E-state index is 0.0503. The van der Waals surface area contributed by atoms with Gasteiger partial charge in [-0.05, 0) is 31.2 Å². The number of quaternary nitrogens is 1. The normalized spacial score (nSPS) is 15.7. The van der Waals surface area contributed by atoms with Crippen molar-refractivity contribution in [1.29, 1.82) is 0 Å². The zero-order chi connectivity index (χ0) is 16.4. The molecule has 0 unspecified atom stereocenters. The van der Waals surface area contributed by atoms with Gasteiger partial charge in [0.25, 0.3) is 5.91 Å². The molecule has 1 aliphatic rings. The molecule has 3 rings (SSSR count). The number of nitrogens with one attached hydrogen (secondary N) is 1. The summed E-state index contributed by atoms with van der Waals surface area (Å²) < 4.78 is 0. The van der Waals surface area contributed by atoms with Crippen LogP contribution in [-0.4, -0.2) is 37.0 Å². The van der Waals surface area contributed by atoms with Gasteiger partial charge in [0, 0.05) is 27.2 Å². The highest BCUT2D eigenvalue weighted by molar-refractivity contribution is 6.31. The predicted molar refractivity (Wildman–Crippen MR) is 93.9 cm³/mol. The smallest absolute Gasteiger partial charge is 0.254 e. The first kappa shape index (κ1) is 16.3. The number of rotatable bonds is 2. The van der Waals surface area contributed by atoms with E-state index in [2.05, 4.69) is 6.92 Å². The maximum Gasteiger partial charge on any atom is 0.254 e. The number of carbonyl (C=O) groups is 1. The van der Waals surface area contributed by atoms with Gasteiger partial charge in [-0.15, -0.1) is 0 Å². The SMILES string of the molecule is Cc1ccc(Cl)cc1[NH+]1CCN(C(=O)c2cccc(Cl)c2)CC1. The number of carbonyl (C=O) groups excluding carboxylic acids is 1. The third kappa shape index (κ3) is 3.69. The number of piperazine rings is 1. The molecule has 1 amide bonds. The third-order valence-electron chi connectivity index (χ3n) is 4.31. The Hall–Kier alpha value is -1.55. The summed E-state index contributed by atoms with van der Waals surface area (Å²) in [4.78, 5) is 15.8. The molecular weight excluding hydrogens is 331 g/mol. The van der Waals surface area contributed by atoms with Gasteiger partial charge in [0.15, 0.2) is 0 Å². The van der Waals surface area contributed by atoms with Crippen molar-refractivity contribution in [3.8, 4) is 0 Å². The highest BCUT2D eigenvalue weighted by Crippen LogP contribution is 2.17. The van der Waals surface area contributed by atoms with Crippen LogP contribution < -0.4 is 4.90 Å². The van der Waals surface area contributed by atoms with Crippen molar-refractivity contribution < 1.29 is 9.69 Å². The van der Waals surface area contributed by atoms with Crippen LogP contribution in [0.15, 0.2) is 42.5 Å². The van der Waals surface area contributed by atoms with Crippen molar-refractivity contribution in [3.63, 3.8) is 0 Å². The van der Waals surface area contributed by atoms with E-state index in [1.165, 1.54) is 16.2 Å². The Kier molecular flexibility index (Phi) is 4.90. The van der Waals surface area contributed by atoms with Gasteiger partial charge in [0.1, 0.15) is 5.69 Å². The van der Waals surface area contributed by atoms with E-state index < -0.39 is 0 Å². The summed E-state index contributed by atoms with van der Waals surface area (Å²) >= 11 is 12.1. The van der Waals surface area contributed by atoms with Crippen LogP contribution in [0.4, 0.5) is 5.69 Å². The summed E-state index contributed by atoms with van der Waals surface area (Å²) in [5, 5.41) is 1.35. The summed E-state index contributed by atoms with van der Waals surface area (Å²) in [5.74, 6) is 0.0503. The van der Waals surface area contributed by atoms with E-state index in [1.54, 1.807) is 12.1 Å². The lowest BCUT2D eigenvalue weighted by Gasteiger charge is -2.32. The number of aryl methyl sites for hydroxylation is 1. The fraction of sp³-hybridized carbons (Fsp3) is 0.278. The Morgan fingerprint density at radius 3 is 2.43 bits per heavy atom. The Bertz CT molecular complexity index is 725. The van der Waals surface area contributed by atoms with Crippen molar-refractivity contribution in [2.45, 2.75) is 6.92 Å². The van der Waals surface area contributed by atoms with Gasteiger partial charge in [-0.2, -0.15) is 0 Å². The number of hydrogen-bond donors (Lipinski definition) is 1. The molecule has 3 nitrogen and oxygen atoms in total. The average molecular weight is 350 g/mol. The fourth-order valence-corrected chi connectivity index (χ4v) is 3.39. The minimum Gasteiger partial charge on any atom is -0.327 e. The Morgan fingerprint density at radius 2 is 1.74 bits per heavy atom. The van der Waals surface area contributed by atoms with Gasteiger partial charge < -0.3 is 4.90 Å². The van der Waals surface area contributed by atoms with Crippen molar-refractivity contribution in [3.05, 3.63) is 63.6 Å². The lowest BCUT2D eigenvalue weighted by Crippen LogP contribution is -3.10. The molecule has 1 saturated heterocycles. The molecule has 0 aliphatic carbocycles. The van der Waals surface area contributed by atoms with Gasteiger partial charge >= 0.3 is 0 Å². The molecule has 0 atom stereocenters. The van der Waals surface area contributed by atoms with Crippen LogP contribution in [0.2, 0.25) is 10.0 Å². The average Bonchev–Trinajstić information content (AvgIpc) is 2.56. The topological polar surface area (TPSA) is 24.8 Å². The number of halogens is 2. The van der Waals surface area contributed by atoms with Gasteiger partial charge in [-0.25, -0.2) is 0 Å². The standard InChI is InChI=1S/C18H18Cl2N2O/c1-13-5-6-16(20)12-17(13)21-7-9-22(10-8-21)18(23)14-3-2-4-15(19)11-14/h2-6,11-12H,7-10H2,1H3/p+1. The molecule has 5 heteroatoms. The molecule has 0 spiro atoms. The first-order valence-electron chi connectivity index (χ1n) is 7.70. The number of benzene rings is 2. The second kappa shape index (κ2) is 6.91. The van der Waals surface area contributed by atoms with E-state index in [0.29, 0.717) is 10.6 Å². The zero-order valence-electron chi connectivity index (χ0n) is 13.0. The quantitative estimate of drug-likeness (QED) is 0.885. The molecular formula is C18H19Cl2N2O+. The van der Waals surface area contributed by atoms with Gasteiger partial charge in [0.2, 0.25) is 0 Å². The van der Waals surface area contributed by atoms with Crippen LogP contribution in [0, 0.1) is 6.92 Å². The van der Waals surface area contributed by atoms with Crippen molar-refractivity contribution >= 4 is 34.8 Å². The summed E-state index contributed by atoms with van der Waals surface area (Å²) in [6, 6.07) is 13.1. The molecule has 0 radical (unpaired) electrons. The van der Waals surface area contributed by atoms with Gasteiger partial charge in [-0.3, -0.25) is 9.69 Å². The maximum absolute atomic E-state index is 12.6. The van der Waals surface area contributed by atoms with Crippen LogP contribution in [-0.2, 0) is 0 Å². The zero-order valence-corrected chi connectivity index (χ0v) is 14.5. The maximum atomic E-state index is 12.6. The highest BCUT2D eigenvalue weighted by Gasteiger charge is 2.26. The third-order valence-corrected chi connectivity index (χ3v) is 4.78. The highest BCUT2D eigenvalue weighted by atomic mass is 35.5. The van der Waals surface area contributed by atoms with E-state index in [-0.39, 0.29) is 5.91 Å². The van der Waals surface area contributed by atoms with E-state index in [9.17, 15) is 4.79 Å². The van der Waals surface area contributed by atoms with E-state index >= 15 is 0 Å². The van der Waals surface area contributed by atoms with Crippen molar-refractivity contribution in [2.24, 2.45) is 0 Å². The molecule has 2 aromatic carbocycles. The predicted octanol–water partition coefficient (Wildman–Crippen LogP) is 2.97. The summed E-state index contributed by atoms with van der Waals surface area (Å²) in [6.45, 7) is 5.32. The Balaban J connectivity index is 1.69. The molecule has 1 N–H and O–H groups in total. The molecule has 1 aliphatic heterocycles. The molecule has 1 fully saturated rings. The molecule has 23 heavy (non-hydrogen) atoms. The van der Waals surface area contributed by atoms with Gasteiger partial charge in [-0.1, -0.05) is 35.3 Å². The lowest BCUT2D eigenvalue weighted by molar-refractivity contribution is -0.837. The van der Waals surface area contributed by atoms with Crippen LogP contribution in [0.1, 0.15) is 15.9 Å². The fourth-order valence-electron chi connectivity index (χ4n) is 3.03. The summed E-state index contributed by atoms with van der Waals surface area (Å²) in [7, 11) is 0. The van der Waals surface area contributed by atoms with Crippen LogP contribution in [0.3, 0.4) is 0 Å². The molecule has 0 saturated carbocycles. The molecule has 2 aromatic rings. The Morgan fingerprint density at radius 1 is 1.04 bits per heavy atom. The van der Waals surface area contributed by atoms with Crippen LogP contribution in [0.25, 0.3) is 0 Å². The molecule has 0 aromatic heterocycles. The number of hydrogen-bond acceptors (Lipinski definition) is 1. The Labute approximate surface area is 146 Å². The van der Waals surface area contributed by atoms with Crippen molar-refractivity contribution in [2.75, 3.05) is 26.2 Å². The first-order valence-corrected chi connectivity index (χ1v) is 8.46. The second-order valence-corrected chi connectivity index (χ2v) is 6.74. The molecule has 0 bridgehead atoms. The largest absolute Gasteiger partial charge is 0.327 e. The summed E-state index contributed by atoms with van der Waals surface area (Å²) in [6.07, 6.45) is 0. The first-order chi connectivity index (χ1) is 11.0. The van der Waals surface area contributed by atoms with Crippen LogP contribution in [0.5, 0.6) is 0 Å². The second-order valence-electron chi connectivity index (χ2n) is 5.87. The molecule has 120 valence electrons. The number of nitrogens with zero attached hydrogens (tertiary/aromatic N) is 1. The molecule has 1 heterocycles.